The fourth-order valence-electron chi connectivity index (χ4n) is 7.90. The van der Waals surface area contributed by atoms with Crippen molar-refractivity contribution in [2.24, 2.45) is 0 Å². The fourth-order valence-corrected chi connectivity index (χ4v) is 28.9. The molecule has 0 radical (unpaired) electrons. The van der Waals surface area contributed by atoms with E-state index in [2.05, 4.69) is 104 Å². The van der Waals surface area contributed by atoms with Crippen molar-refractivity contribution < 1.29 is 0 Å². The maximum absolute atomic E-state index is 2.73. The minimum absolute atomic E-state index is 0.222. The van der Waals surface area contributed by atoms with E-state index in [1.807, 2.05) is 0 Å². The summed E-state index contributed by atoms with van der Waals surface area (Å²) in [7, 11) is 0. The van der Waals surface area contributed by atoms with E-state index >= 15 is 0 Å². The third kappa shape index (κ3) is 2.74. The van der Waals surface area contributed by atoms with Crippen molar-refractivity contribution in [2.75, 3.05) is 0 Å². The molecule has 0 saturated heterocycles. The number of rotatable bonds is 3. The average Bonchev–Trinajstić information content (AvgIpc) is 3.05. The number of hydrogen-bond acceptors (Lipinski definition) is 0. The molecule has 0 aromatic heterocycles. The van der Waals surface area contributed by atoms with Crippen LogP contribution < -0.4 is 0 Å². The van der Waals surface area contributed by atoms with E-state index in [0.29, 0.717) is 0 Å². The molecule has 0 aromatic carbocycles. The van der Waals surface area contributed by atoms with Gasteiger partial charge in [0.15, 0.2) is 0 Å². The van der Waals surface area contributed by atoms with Crippen molar-refractivity contribution in [1.82, 2.24) is 0 Å². The molecule has 1 heteroatoms. The summed E-state index contributed by atoms with van der Waals surface area (Å²) in [6.45, 7) is 37.0. The first kappa shape index (κ1) is 24.9. The molecule has 0 aliphatic heterocycles. The molecule has 0 N–H and O–H groups in total. The zero-order valence-electron chi connectivity index (χ0n) is 23.1. The molecule has 0 unspecified atom stereocenters. The summed E-state index contributed by atoms with van der Waals surface area (Å²) in [6, 6.07) is 0. The van der Waals surface area contributed by atoms with E-state index in [-0.39, 0.29) is 9.51 Å². The van der Waals surface area contributed by atoms with Crippen molar-refractivity contribution >= 4 is 21.4 Å². The third-order valence-electron chi connectivity index (χ3n) is 11.5. The van der Waals surface area contributed by atoms with Gasteiger partial charge in [-0.2, -0.15) is 0 Å². The second-order valence-corrected chi connectivity index (χ2v) is 23.9. The van der Waals surface area contributed by atoms with Gasteiger partial charge in [-0.25, -0.2) is 0 Å². The van der Waals surface area contributed by atoms with Gasteiger partial charge >= 0.3 is 202 Å². The number of hydrogen-bond donors (Lipinski definition) is 0. The van der Waals surface area contributed by atoms with E-state index in [4.69, 9.17) is 0 Å². The molecule has 0 nitrogen and oxygen atoms in total. The van der Waals surface area contributed by atoms with E-state index in [0.717, 1.165) is 0 Å². The van der Waals surface area contributed by atoms with Crippen LogP contribution >= 0.6 is 0 Å². The molecule has 0 fully saturated rings. The van der Waals surface area contributed by atoms with Gasteiger partial charge in [-0.1, -0.05) is 0 Å². The van der Waals surface area contributed by atoms with Gasteiger partial charge in [-0.15, -0.1) is 0 Å². The summed E-state index contributed by atoms with van der Waals surface area (Å²) < 4.78 is 0.667. The zero-order chi connectivity index (χ0) is 24.0. The van der Waals surface area contributed by atoms with Crippen molar-refractivity contribution in [1.29, 1.82) is 0 Å². The first-order valence-corrected chi connectivity index (χ1v) is 17.1. The first-order chi connectivity index (χ1) is 14.0. The van der Waals surface area contributed by atoms with Gasteiger partial charge in [-0.05, 0) is 0 Å². The fraction of sp³-hybridized carbons (Fsp3) is 0.600. The van der Waals surface area contributed by atoms with Crippen molar-refractivity contribution in [2.45, 2.75) is 113 Å². The molecule has 0 heterocycles. The molecule has 0 atom stereocenters. The van der Waals surface area contributed by atoms with Crippen LogP contribution in [0.4, 0.5) is 0 Å². The van der Waals surface area contributed by atoms with Crippen molar-refractivity contribution in [3.63, 3.8) is 0 Å². The Morgan fingerprint density at radius 1 is 0.323 bits per heavy atom. The van der Waals surface area contributed by atoms with Crippen LogP contribution in [0.1, 0.15) is 104 Å². The molecule has 3 aliphatic rings. The summed E-state index contributed by atoms with van der Waals surface area (Å²) >= 11 is -2.73. The minimum atomic E-state index is -2.73. The van der Waals surface area contributed by atoms with Crippen LogP contribution in [0.15, 0.2) is 66.9 Å². The van der Waals surface area contributed by atoms with Crippen molar-refractivity contribution in [3.05, 3.63) is 66.9 Å². The van der Waals surface area contributed by atoms with Gasteiger partial charge in [-0.3, -0.25) is 0 Å². The van der Waals surface area contributed by atoms with Gasteiger partial charge in [0.1, 0.15) is 0 Å². The van der Waals surface area contributed by atoms with Gasteiger partial charge in [0.05, 0.1) is 0 Å². The molecule has 0 bridgehead atoms. The molecule has 3 rings (SSSR count). The first-order valence-electron chi connectivity index (χ1n) is 12.1. The van der Waals surface area contributed by atoms with Crippen LogP contribution in [-0.4, -0.2) is 21.4 Å². The van der Waals surface area contributed by atoms with Crippen LogP contribution in [0.2, 0.25) is 9.51 Å². The Morgan fingerprint density at radius 2 is 0.452 bits per heavy atom. The van der Waals surface area contributed by atoms with Gasteiger partial charge in [0.25, 0.3) is 0 Å². The van der Waals surface area contributed by atoms with Crippen LogP contribution in [0, 0.1) is 0 Å². The molecule has 31 heavy (non-hydrogen) atoms. The summed E-state index contributed by atoms with van der Waals surface area (Å²) in [4.78, 5) is 0. The molecule has 168 valence electrons. The van der Waals surface area contributed by atoms with E-state index < -0.39 is 21.4 Å². The summed E-state index contributed by atoms with van der Waals surface area (Å²) in [6.07, 6.45) is 0. The van der Waals surface area contributed by atoms with Crippen LogP contribution in [0.5, 0.6) is 0 Å². The van der Waals surface area contributed by atoms with Gasteiger partial charge in [0.2, 0.25) is 0 Å². The molecule has 0 amide bonds. The van der Waals surface area contributed by atoms with Crippen LogP contribution in [0.3, 0.4) is 0 Å². The normalized spacial score (nSPS) is 25.3. The topological polar surface area (TPSA) is 0 Å². The van der Waals surface area contributed by atoms with Crippen molar-refractivity contribution in [3.8, 4) is 0 Å². The predicted molar refractivity (Wildman–Crippen MR) is 141 cm³/mol. The Labute approximate surface area is 200 Å². The Kier molecular flexibility index (Phi) is 5.96. The van der Waals surface area contributed by atoms with Crippen LogP contribution in [0.25, 0.3) is 0 Å². The second-order valence-electron chi connectivity index (χ2n) is 11.5. The molecular formula is C30H45In. The van der Waals surface area contributed by atoms with Crippen LogP contribution in [-0.2, 0) is 0 Å². The molecule has 0 aromatic rings. The van der Waals surface area contributed by atoms with E-state index in [1.165, 1.54) is 0 Å². The predicted octanol–water partition coefficient (Wildman–Crippen LogP) is 9.82. The Morgan fingerprint density at radius 3 is 0.581 bits per heavy atom. The Bertz CT molecular complexity index is 864. The number of allylic oxidation sites excluding steroid dienone is 12. The Balaban J connectivity index is 2.52. The standard InChI is InChI=1S/3C10H15.In/c3*1-6-7(2)9(4)10(5)8(6)3;/h3*1-5H3;. The zero-order valence-corrected chi connectivity index (χ0v) is 26.4. The van der Waals surface area contributed by atoms with E-state index in [9.17, 15) is 0 Å². The monoisotopic (exact) mass is 520 g/mol. The average molecular weight is 521 g/mol. The summed E-state index contributed by atoms with van der Waals surface area (Å²) in [5.74, 6) is 0. The van der Waals surface area contributed by atoms with Gasteiger partial charge < -0.3 is 0 Å². The molecular weight excluding hydrogens is 475 g/mol. The quantitative estimate of drug-likeness (QED) is 0.347. The second kappa shape index (κ2) is 7.41. The Hall–Kier alpha value is -0.690. The molecule has 3 aliphatic carbocycles. The van der Waals surface area contributed by atoms with Gasteiger partial charge in [0, 0.05) is 0 Å². The SMILES string of the molecule is CC1=C(C)[C](C)([In]([C]2(C)C(C)=C(C)C(C)=C2C)[C]2(C)C(C)=C(C)C(C)=C2C)C(C)=C1C. The molecule has 0 saturated carbocycles. The summed E-state index contributed by atoms with van der Waals surface area (Å²) in [5, 5.41) is 0. The van der Waals surface area contributed by atoms with E-state index in [1.54, 1.807) is 66.9 Å². The maximum atomic E-state index is 2.65. The third-order valence-corrected chi connectivity index (χ3v) is 28.8. The molecule has 0 spiro atoms. The summed E-state index contributed by atoms with van der Waals surface area (Å²) in [5.41, 5.74) is 19.3.